The van der Waals surface area contributed by atoms with Crippen molar-refractivity contribution < 1.29 is 14.6 Å². The minimum Gasteiger partial charge on any atom is -0.476 e. The molecule has 3 aliphatic rings. The van der Waals surface area contributed by atoms with Crippen LogP contribution in [0.3, 0.4) is 0 Å². The van der Waals surface area contributed by atoms with Crippen LogP contribution in [-0.2, 0) is 17.8 Å². The predicted molar refractivity (Wildman–Crippen MR) is 124 cm³/mol. The van der Waals surface area contributed by atoms with Crippen LogP contribution >= 0.6 is 11.6 Å². The summed E-state index contributed by atoms with van der Waals surface area (Å²) >= 11 is 6.24. The lowest BCUT2D eigenvalue weighted by Gasteiger charge is -2.33. The van der Waals surface area contributed by atoms with Crippen molar-refractivity contribution in [2.75, 3.05) is 18.1 Å². The summed E-state index contributed by atoms with van der Waals surface area (Å²) in [5.41, 5.74) is 2.47. The van der Waals surface area contributed by atoms with E-state index in [1.807, 2.05) is 12.1 Å². The van der Waals surface area contributed by atoms with Gasteiger partial charge in [-0.05, 0) is 67.9 Å². The number of halogens is 1. The lowest BCUT2D eigenvalue weighted by molar-refractivity contribution is -0.123. The molecule has 1 atom stereocenters. The Morgan fingerprint density at radius 2 is 2.06 bits per heavy atom. The van der Waals surface area contributed by atoms with E-state index in [2.05, 4.69) is 4.98 Å². The number of pyridine rings is 1. The number of amides is 1. The quantitative estimate of drug-likeness (QED) is 0.569. The van der Waals surface area contributed by atoms with Crippen LogP contribution in [0.4, 0.5) is 5.69 Å². The third-order valence-corrected chi connectivity index (χ3v) is 7.41. The van der Waals surface area contributed by atoms with E-state index in [1.165, 1.54) is 0 Å². The Hall–Kier alpha value is -2.77. The van der Waals surface area contributed by atoms with Gasteiger partial charge < -0.3 is 14.7 Å². The van der Waals surface area contributed by atoms with Crippen LogP contribution in [0, 0.1) is 17.3 Å². The molecule has 1 unspecified atom stereocenters. The van der Waals surface area contributed by atoms with Crippen molar-refractivity contribution in [1.82, 2.24) is 15.0 Å². The number of anilines is 1. The summed E-state index contributed by atoms with van der Waals surface area (Å²) in [6.45, 7) is 0.741. The molecule has 0 radical (unpaired) electrons. The molecule has 1 aromatic carbocycles. The van der Waals surface area contributed by atoms with E-state index in [0.29, 0.717) is 34.8 Å². The van der Waals surface area contributed by atoms with Gasteiger partial charge in [0.1, 0.15) is 0 Å². The Bertz CT molecular complexity index is 1240. The van der Waals surface area contributed by atoms with Crippen LogP contribution in [0.2, 0.25) is 5.02 Å². The standard InChI is InChI=1S/C25H25ClN4O3/c26-17-3-4-18-20(10-17)28-22(29-23(18)33-14-25(13-31)6-7-25)12-30-21-11-27-8-5-16(21)9-19(24(30)32)15-1-2-15/h3-5,8,10-11,15,19,31H,1-2,6-7,9,12-14H2. The number of hydrogen-bond donors (Lipinski definition) is 1. The van der Waals surface area contributed by atoms with Crippen molar-refractivity contribution in [2.24, 2.45) is 17.3 Å². The number of rotatable bonds is 7. The molecule has 1 amide bonds. The van der Waals surface area contributed by atoms with E-state index in [9.17, 15) is 9.90 Å². The second-order valence-corrected chi connectivity index (χ2v) is 10.1. The Kier molecular flexibility index (Phi) is 4.99. The van der Waals surface area contributed by atoms with Crippen LogP contribution in [0.25, 0.3) is 10.9 Å². The fourth-order valence-corrected chi connectivity index (χ4v) is 4.86. The molecule has 170 valence electrons. The highest BCUT2D eigenvalue weighted by Gasteiger charge is 2.44. The molecule has 3 aromatic rings. The number of benzene rings is 1. The number of carbonyl (C=O) groups is 1. The summed E-state index contributed by atoms with van der Waals surface area (Å²) in [5.74, 6) is 1.54. The number of aliphatic hydroxyl groups excluding tert-OH is 1. The second kappa shape index (κ2) is 7.92. The van der Waals surface area contributed by atoms with Gasteiger partial charge in [0, 0.05) is 22.6 Å². The van der Waals surface area contributed by atoms with Crippen LogP contribution in [0.1, 0.15) is 37.1 Å². The molecule has 2 saturated carbocycles. The lowest BCUT2D eigenvalue weighted by Crippen LogP contribution is -2.42. The van der Waals surface area contributed by atoms with Gasteiger partial charge in [-0.1, -0.05) is 11.6 Å². The molecular formula is C25H25ClN4O3. The Morgan fingerprint density at radius 3 is 2.82 bits per heavy atom. The number of fused-ring (bicyclic) bond motifs is 2. The van der Waals surface area contributed by atoms with Gasteiger partial charge in [0.25, 0.3) is 0 Å². The highest BCUT2D eigenvalue weighted by atomic mass is 35.5. The molecule has 1 aliphatic heterocycles. The van der Waals surface area contributed by atoms with E-state index < -0.39 is 0 Å². The van der Waals surface area contributed by atoms with Crippen molar-refractivity contribution in [3.05, 3.63) is 53.1 Å². The van der Waals surface area contributed by atoms with E-state index in [4.69, 9.17) is 26.3 Å². The monoisotopic (exact) mass is 464 g/mol. The Morgan fingerprint density at radius 1 is 1.21 bits per heavy atom. The third-order valence-electron chi connectivity index (χ3n) is 7.17. The largest absolute Gasteiger partial charge is 0.476 e. The smallest absolute Gasteiger partial charge is 0.231 e. The topological polar surface area (TPSA) is 88.4 Å². The van der Waals surface area contributed by atoms with Gasteiger partial charge in [-0.3, -0.25) is 9.78 Å². The molecule has 0 bridgehead atoms. The Balaban J connectivity index is 1.36. The minimum absolute atomic E-state index is 0.00444. The van der Waals surface area contributed by atoms with Gasteiger partial charge in [0.15, 0.2) is 5.82 Å². The first-order valence-electron chi connectivity index (χ1n) is 11.5. The van der Waals surface area contributed by atoms with Gasteiger partial charge in [0.2, 0.25) is 11.8 Å². The molecule has 3 heterocycles. The first kappa shape index (κ1) is 20.8. The van der Waals surface area contributed by atoms with Crippen molar-refractivity contribution in [2.45, 2.75) is 38.6 Å². The highest BCUT2D eigenvalue weighted by molar-refractivity contribution is 6.31. The number of aliphatic hydroxyl groups is 1. The molecule has 0 saturated heterocycles. The molecule has 2 fully saturated rings. The normalized spacial score (nSPS) is 21.2. The van der Waals surface area contributed by atoms with Crippen molar-refractivity contribution in [3.63, 3.8) is 0 Å². The summed E-state index contributed by atoms with van der Waals surface area (Å²) in [7, 11) is 0. The zero-order valence-corrected chi connectivity index (χ0v) is 19.0. The van der Waals surface area contributed by atoms with E-state index in [0.717, 1.165) is 48.7 Å². The van der Waals surface area contributed by atoms with Gasteiger partial charge >= 0.3 is 0 Å². The van der Waals surface area contributed by atoms with Gasteiger partial charge in [-0.2, -0.15) is 4.98 Å². The number of aromatic nitrogens is 3. The third kappa shape index (κ3) is 3.93. The van der Waals surface area contributed by atoms with E-state index in [-0.39, 0.29) is 30.4 Å². The van der Waals surface area contributed by atoms with E-state index >= 15 is 0 Å². The number of hydrogen-bond acceptors (Lipinski definition) is 6. The number of ether oxygens (including phenoxy) is 1. The van der Waals surface area contributed by atoms with Crippen molar-refractivity contribution in [3.8, 4) is 5.88 Å². The maximum Gasteiger partial charge on any atom is 0.231 e. The average Bonchev–Trinajstić information content (AvgIpc) is 3.74. The molecule has 2 aromatic heterocycles. The maximum atomic E-state index is 13.4. The Labute approximate surface area is 196 Å². The molecule has 8 heteroatoms. The summed E-state index contributed by atoms with van der Waals surface area (Å²) in [5, 5.41) is 11.0. The molecule has 7 nitrogen and oxygen atoms in total. The summed E-state index contributed by atoms with van der Waals surface area (Å²) in [4.78, 5) is 28.9. The van der Waals surface area contributed by atoms with Crippen LogP contribution in [-0.4, -0.2) is 39.2 Å². The van der Waals surface area contributed by atoms with Gasteiger partial charge in [0.05, 0.1) is 42.5 Å². The fourth-order valence-electron chi connectivity index (χ4n) is 4.69. The van der Waals surface area contributed by atoms with Crippen molar-refractivity contribution in [1.29, 1.82) is 0 Å². The highest BCUT2D eigenvalue weighted by Crippen LogP contribution is 2.46. The molecular weight excluding hydrogens is 440 g/mol. The average molecular weight is 465 g/mol. The molecule has 1 N–H and O–H groups in total. The summed E-state index contributed by atoms with van der Waals surface area (Å²) in [6.07, 6.45) is 8.42. The first-order valence-corrected chi connectivity index (χ1v) is 11.9. The summed E-state index contributed by atoms with van der Waals surface area (Å²) < 4.78 is 6.10. The van der Waals surface area contributed by atoms with Gasteiger partial charge in [-0.15, -0.1) is 0 Å². The molecule has 2 aliphatic carbocycles. The van der Waals surface area contributed by atoms with Crippen LogP contribution in [0.15, 0.2) is 36.7 Å². The zero-order valence-electron chi connectivity index (χ0n) is 18.2. The maximum absolute atomic E-state index is 13.4. The number of carbonyl (C=O) groups excluding carboxylic acids is 1. The van der Waals surface area contributed by atoms with Crippen molar-refractivity contribution >= 4 is 34.1 Å². The lowest BCUT2D eigenvalue weighted by atomic mass is 9.89. The van der Waals surface area contributed by atoms with E-state index in [1.54, 1.807) is 29.4 Å². The fraction of sp³-hybridized carbons (Fsp3) is 0.440. The van der Waals surface area contributed by atoms with Crippen LogP contribution < -0.4 is 9.64 Å². The first-order chi connectivity index (χ1) is 16.0. The molecule has 0 spiro atoms. The second-order valence-electron chi connectivity index (χ2n) is 9.63. The molecule has 33 heavy (non-hydrogen) atoms. The molecule has 6 rings (SSSR count). The minimum atomic E-state index is -0.172. The SMILES string of the molecule is O=C1C(C2CC2)Cc2ccncc2N1Cc1nc(OCC2(CO)CC2)c2ccc(Cl)cc2n1. The predicted octanol–water partition coefficient (Wildman–Crippen LogP) is 3.95. The zero-order chi connectivity index (χ0) is 22.6. The van der Waals surface area contributed by atoms with Crippen LogP contribution in [0.5, 0.6) is 5.88 Å². The number of nitrogens with zero attached hydrogens (tertiary/aromatic N) is 4. The summed E-state index contributed by atoms with van der Waals surface area (Å²) in [6, 6.07) is 7.43. The van der Waals surface area contributed by atoms with Gasteiger partial charge in [-0.25, -0.2) is 4.98 Å².